The molecule has 1 aromatic carbocycles. The largest absolute Gasteiger partial charge is 0.444 e. The molecule has 0 saturated carbocycles. The van der Waals surface area contributed by atoms with Gasteiger partial charge in [-0.15, -0.1) is 0 Å². The van der Waals surface area contributed by atoms with E-state index in [0.717, 1.165) is 18.4 Å². The van der Waals surface area contributed by atoms with Crippen molar-refractivity contribution in [3.8, 4) is 0 Å². The van der Waals surface area contributed by atoms with Crippen LogP contribution < -0.4 is 10.2 Å². The van der Waals surface area contributed by atoms with Gasteiger partial charge in [0.25, 0.3) is 5.69 Å². The van der Waals surface area contributed by atoms with Crippen LogP contribution in [0.3, 0.4) is 0 Å². The van der Waals surface area contributed by atoms with Crippen LogP contribution in [0.25, 0.3) is 0 Å². The van der Waals surface area contributed by atoms with E-state index in [4.69, 9.17) is 4.74 Å². The Balaban J connectivity index is 1.87. The molecule has 150 valence electrons. The summed E-state index contributed by atoms with van der Waals surface area (Å²) in [7, 11) is 3.58. The van der Waals surface area contributed by atoms with Gasteiger partial charge in [-0.1, -0.05) is 6.07 Å². The number of nitrogens with one attached hydrogen (secondary N) is 1. The summed E-state index contributed by atoms with van der Waals surface area (Å²) < 4.78 is 5.41. The van der Waals surface area contributed by atoms with Gasteiger partial charge in [0.2, 0.25) is 0 Å². The summed E-state index contributed by atoms with van der Waals surface area (Å²) in [5.41, 5.74) is 1.09. The summed E-state index contributed by atoms with van der Waals surface area (Å²) >= 11 is 0. The SMILES string of the molecule is CN(C)c1ccc(CNC2CCN(C(=O)OC(C)(C)C)CC2)cc1[N+](=O)[O-]. The Bertz CT molecular complexity index is 677. The first-order valence-corrected chi connectivity index (χ1v) is 9.23. The highest BCUT2D eigenvalue weighted by Crippen LogP contribution is 2.27. The number of hydrogen-bond donors (Lipinski definition) is 1. The van der Waals surface area contributed by atoms with Crippen LogP contribution in [0.4, 0.5) is 16.2 Å². The average Bonchev–Trinajstić information content (AvgIpc) is 2.58. The monoisotopic (exact) mass is 378 g/mol. The molecule has 1 fully saturated rings. The number of nitrogens with zero attached hydrogens (tertiary/aromatic N) is 3. The van der Waals surface area contributed by atoms with Gasteiger partial charge in [-0.05, 0) is 45.2 Å². The number of ether oxygens (including phenoxy) is 1. The molecule has 1 saturated heterocycles. The van der Waals surface area contributed by atoms with Gasteiger partial charge in [0, 0.05) is 45.8 Å². The van der Waals surface area contributed by atoms with Gasteiger partial charge in [0.1, 0.15) is 11.3 Å². The molecule has 0 radical (unpaired) electrons. The number of hydrogen-bond acceptors (Lipinski definition) is 6. The van der Waals surface area contributed by atoms with Crippen LogP contribution in [-0.2, 0) is 11.3 Å². The van der Waals surface area contributed by atoms with Crippen molar-refractivity contribution in [1.29, 1.82) is 0 Å². The highest BCUT2D eigenvalue weighted by molar-refractivity contribution is 5.68. The fourth-order valence-electron chi connectivity index (χ4n) is 3.06. The maximum atomic E-state index is 12.1. The second-order valence-corrected chi connectivity index (χ2v) is 8.10. The van der Waals surface area contributed by atoms with Crippen molar-refractivity contribution in [3.05, 3.63) is 33.9 Å². The van der Waals surface area contributed by atoms with Crippen LogP contribution >= 0.6 is 0 Å². The normalized spacial score (nSPS) is 15.5. The summed E-state index contributed by atoms with van der Waals surface area (Å²) in [5, 5.41) is 14.7. The van der Waals surface area contributed by atoms with Crippen LogP contribution in [-0.4, -0.2) is 54.7 Å². The molecule has 0 spiro atoms. The third kappa shape index (κ3) is 6.09. The van der Waals surface area contributed by atoms with Gasteiger partial charge in [-0.2, -0.15) is 0 Å². The zero-order chi connectivity index (χ0) is 20.2. The molecule has 0 aliphatic carbocycles. The summed E-state index contributed by atoms with van der Waals surface area (Å²) in [4.78, 5) is 26.5. The summed E-state index contributed by atoms with van der Waals surface area (Å²) in [6.45, 7) is 7.43. The number of rotatable bonds is 5. The van der Waals surface area contributed by atoms with Crippen molar-refractivity contribution in [2.45, 2.75) is 51.8 Å². The van der Waals surface area contributed by atoms with Crippen LogP contribution in [0.15, 0.2) is 18.2 Å². The van der Waals surface area contributed by atoms with E-state index in [1.807, 2.05) is 26.8 Å². The molecule has 0 bridgehead atoms. The summed E-state index contributed by atoms with van der Waals surface area (Å²) in [6, 6.07) is 5.58. The maximum absolute atomic E-state index is 12.1. The van der Waals surface area contributed by atoms with Gasteiger partial charge < -0.3 is 19.9 Å². The van der Waals surface area contributed by atoms with Crippen molar-refractivity contribution >= 4 is 17.5 Å². The van der Waals surface area contributed by atoms with E-state index in [-0.39, 0.29) is 22.7 Å². The summed E-state index contributed by atoms with van der Waals surface area (Å²) in [5.74, 6) is 0. The van der Waals surface area contributed by atoms with E-state index in [0.29, 0.717) is 25.3 Å². The number of nitro benzene ring substituents is 1. The fraction of sp³-hybridized carbons (Fsp3) is 0.632. The van der Waals surface area contributed by atoms with Crippen LogP contribution in [0.5, 0.6) is 0 Å². The average molecular weight is 378 g/mol. The standard InChI is InChI=1S/C19H30N4O4/c1-19(2,3)27-18(24)22-10-8-15(9-11-22)20-13-14-6-7-16(21(4)5)17(12-14)23(25)26/h6-7,12,15,20H,8-11,13H2,1-5H3. The molecule has 1 aliphatic rings. The summed E-state index contributed by atoms with van der Waals surface area (Å²) in [6.07, 6.45) is 1.39. The Morgan fingerprint density at radius 3 is 2.48 bits per heavy atom. The lowest BCUT2D eigenvalue weighted by atomic mass is 10.0. The van der Waals surface area contributed by atoms with Crippen LogP contribution in [0, 0.1) is 10.1 Å². The quantitative estimate of drug-likeness (QED) is 0.625. The first-order chi connectivity index (χ1) is 12.6. The second-order valence-electron chi connectivity index (χ2n) is 8.10. The van der Waals surface area contributed by atoms with E-state index in [1.54, 1.807) is 36.0 Å². The Morgan fingerprint density at radius 2 is 1.96 bits per heavy atom. The molecule has 27 heavy (non-hydrogen) atoms. The number of piperidine rings is 1. The zero-order valence-corrected chi connectivity index (χ0v) is 16.8. The van der Waals surface area contributed by atoms with E-state index in [1.165, 1.54) is 0 Å². The molecular formula is C19H30N4O4. The van der Waals surface area contributed by atoms with E-state index in [9.17, 15) is 14.9 Å². The molecule has 8 nitrogen and oxygen atoms in total. The number of carbonyl (C=O) groups excluding carboxylic acids is 1. The Labute approximate surface area is 160 Å². The van der Waals surface area contributed by atoms with Gasteiger partial charge in [0.05, 0.1) is 4.92 Å². The minimum Gasteiger partial charge on any atom is -0.444 e. The molecule has 0 unspecified atom stereocenters. The van der Waals surface area contributed by atoms with Crippen molar-refractivity contribution in [2.24, 2.45) is 0 Å². The molecule has 2 rings (SSSR count). The van der Waals surface area contributed by atoms with Crippen molar-refractivity contribution in [3.63, 3.8) is 0 Å². The molecule has 8 heteroatoms. The third-order valence-corrected chi connectivity index (χ3v) is 4.46. The molecule has 1 amide bonds. The van der Waals surface area contributed by atoms with Crippen molar-refractivity contribution in [1.82, 2.24) is 10.2 Å². The van der Waals surface area contributed by atoms with Crippen LogP contribution in [0.1, 0.15) is 39.2 Å². The van der Waals surface area contributed by atoms with Gasteiger partial charge in [-0.3, -0.25) is 10.1 Å². The Kier molecular flexibility index (Phi) is 6.64. The van der Waals surface area contributed by atoms with Gasteiger partial charge in [0.15, 0.2) is 0 Å². The number of likely N-dealkylation sites (tertiary alicyclic amines) is 1. The van der Waals surface area contributed by atoms with E-state index >= 15 is 0 Å². The molecule has 0 aromatic heterocycles. The van der Waals surface area contributed by atoms with Gasteiger partial charge in [-0.25, -0.2) is 4.79 Å². The number of amides is 1. The Hall–Kier alpha value is -2.35. The number of benzene rings is 1. The predicted octanol–water partition coefficient (Wildman–Crippen LogP) is 3.15. The van der Waals surface area contributed by atoms with Crippen molar-refractivity contribution < 1.29 is 14.5 Å². The number of nitro groups is 1. The minimum absolute atomic E-state index is 0.110. The van der Waals surface area contributed by atoms with E-state index < -0.39 is 5.60 Å². The predicted molar refractivity (Wildman–Crippen MR) is 105 cm³/mol. The van der Waals surface area contributed by atoms with E-state index in [2.05, 4.69) is 5.32 Å². The highest BCUT2D eigenvalue weighted by atomic mass is 16.6. The molecule has 1 heterocycles. The van der Waals surface area contributed by atoms with Gasteiger partial charge >= 0.3 is 6.09 Å². The maximum Gasteiger partial charge on any atom is 0.410 e. The topological polar surface area (TPSA) is 88.0 Å². The fourth-order valence-corrected chi connectivity index (χ4v) is 3.06. The van der Waals surface area contributed by atoms with Crippen molar-refractivity contribution in [2.75, 3.05) is 32.1 Å². The number of anilines is 1. The molecule has 0 atom stereocenters. The zero-order valence-electron chi connectivity index (χ0n) is 16.8. The second kappa shape index (κ2) is 8.56. The molecular weight excluding hydrogens is 348 g/mol. The molecule has 1 aliphatic heterocycles. The molecule has 1 aromatic rings. The first-order valence-electron chi connectivity index (χ1n) is 9.23. The minimum atomic E-state index is -0.486. The first kappa shape index (κ1) is 21.0. The van der Waals surface area contributed by atoms with Crippen LogP contribution in [0.2, 0.25) is 0 Å². The lowest BCUT2D eigenvalue weighted by molar-refractivity contribution is -0.384. The smallest absolute Gasteiger partial charge is 0.410 e. The highest BCUT2D eigenvalue weighted by Gasteiger charge is 2.26. The number of carbonyl (C=O) groups is 1. The Morgan fingerprint density at radius 1 is 1.33 bits per heavy atom. The lowest BCUT2D eigenvalue weighted by Crippen LogP contribution is -2.46. The molecule has 1 N–H and O–H groups in total. The lowest BCUT2D eigenvalue weighted by Gasteiger charge is -2.33. The third-order valence-electron chi connectivity index (χ3n) is 4.46.